The number of aromatic carboxylic acids is 1. The zero-order chi connectivity index (χ0) is 26.0. The van der Waals surface area contributed by atoms with Crippen LogP contribution in [-0.2, 0) is 6.54 Å². The average Bonchev–Trinajstić information content (AvgIpc) is 3.51. The number of thiazole rings is 1. The maximum atomic E-state index is 13.2. The van der Waals surface area contributed by atoms with Crippen LogP contribution in [0.3, 0.4) is 0 Å². The van der Waals surface area contributed by atoms with E-state index >= 15 is 0 Å². The number of hydrogen-bond acceptors (Lipinski definition) is 7. The highest BCUT2D eigenvalue weighted by Gasteiger charge is 2.39. The highest BCUT2D eigenvalue weighted by Crippen LogP contribution is 2.46. The van der Waals surface area contributed by atoms with E-state index in [9.17, 15) is 18.5 Å². The number of fused-ring (bicyclic) bond motifs is 1. The van der Waals surface area contributed by atoms with Crippen LogP contribution in [0.5, 0.6) is 0 Å². The Bertz CT molecular complexity index is 1250. The van der Waals surface area contributed by atoms with E-state index in [0.29, 0.717) is 35.9 Å². The smallest absolute Gasteiger partial charge is 0.335 e. The van der Waals surface area contributed by atoms with Crippen molar-refractivity contribution in [3.8, 4) is 0 Å². The normalized spacial score (nSPS) is 20.4. The quantitative estimate of drug-likeness (QED) is 0.322. The van der Waals surface area contributed by atoms with E-state index in [1.165, 1.54) is 37.1 Å². The molecule has 1 aromatic carbocycles. The summed E-state index contributed by atoms with van der Waals surface area (Å²) in [6.07, 6.45) is 9.04. The predicted molar refractivity (Wildman–Crippen MR) is 137 cm³/mol. The van der Waals surface area contributed by atoms with Gasteiger partial charge < -0.3 is 9.63 Å². The van der Waals surface area contributed by atoms with Gasteiger partial charge >= 0.3 is 5.97 Å². The van der Waals surface area contributed by atoms with E-state index in [-0.39, 0.29) is 25.3 Å². The first-order valence-corrected chi connectivity index (χ1v) is 14.0. The SMILES string of the molecule is O=C(O)c1ccc2nc(C3CCCCC3)sc2c1.O=NCc1c(C2CCC(F)(F)CC2)noc1C1CC1. The number of carboxylic acid groups (broad SMARTS) is 1. The minimum atomic E-state index is -2.55. The molecule has 37 heavy (non-hydrogen) atoms. The van der Waals surface area contributed by atoms with Gasteiger partial charge in [0.2, 0.25) is 5.92 Å². The number of alkyl halides is 2. The third-order valence-corrected chi connectivity index (χ3v) is 8.91. The van der Waals surface area contributed by atoms with Gasteiger partial charge in [0.25, 0.3) is 0 Å². The maximum absolute atomic E-state index is 13.2. The monoisotopic (exact) mass is 531 g/mol. The second-order valence-corrected chi connectivity index (χ2v) is 11.5. The molecule has 2 heterocycles. The summed E-state index contributed by atoms with van der Waals surface area (Å²) in [5.41, 5.74) is 2.73. The van der Waals surface area contributed by atoms with Crippen LogP contribution in [0.4, 0.5) is 8.78 Å². The number of carbonyl (C=O) groups is 1. The Kier molecular flexibility index (Phi) is 7.65. The second-order valence-electron chi connectivity index (χ2n) is 10.5. The van der Waals surface area contributed by atoms with Crippen molar-refractivity contribution < 1.29 is 23.2 Å². The zero-order valence-corrected chi connectivity index (χ0v) is 21.4. The summed E-state index contributed by atoms with van der Waals surface area (Å²) in [4.78, 5) is 26.2. The van der Waals surface area contributed by atoms with E-state index in [1.54, 1.807) is 23.5 Å². The Morgan fingerprint density at radius 2 is 1.78 bits per heavy atom. The Balaban J connectivity index is 0.000000152. The van der Waals surface area contributed by atoms with Crippen molar-refractivity contribution in [2.75, 3.05) is 0 Å². The summed E-state index contributed by atoms with van der Waals surface area (Å²) in [7, 11) is 0. The van der Waals surface area contributed by atoms with Crippen LogP contribution in [0, 0.1) is 4.91 Å². The van der Waals surface area contributed by atoms with Crippen LogP contribution in [0.1, 0.15) is 121 Å². The van der Waals surface area contributed by atoms with E-state index < -0.39 is 11.9 Å². The fourth-order valence-corrected chi connectivity index (χ4v) is 6.63. The summed E-state index contributed by atoms with van der Waals surface area (Å²) in [5.74, 6) is -1.75. The molecule has 3 aromatic rings. The number of hydrogen-bond donors (Lipinski definition) is 1. The molecule has 0 atom stereocenters. The van der Waals surface area contributed by atoms with Crippen LogP contribution >= 0.6 is 11.3 Å². The highest BCUT2D eigenvalue weighted by atomic mass is 32.1. The minimum absolute atomic E-state index is 0.0207. The van der Waals surface area contributed by atoms with Gasteiger partial charge in [-0.15, -0.1) is 11.3 Å². The third kappa shape index (κ3) is 6.05. The minimum Gasteiger partial charge on any atom is -0.478 e. The molecule has 0 spiro atoms. The number of rotatable bonds is 6. The van der Waals surface area contributed by atoms with Gasteiger partial charge in [-0.3, -0.25) is 0 Å². The molecule has 3 saturated carbocycles. The lowest BCUT2D eigenvalue weighted by Crippen LogP contribution is -2.24. The molecule has 2 aromatic heterocycles. The van der Waals surface area contributed by atoms with Gasteiger partial charge in [-0.25, -0.2) is 18.6 Å². The number of aromatic nitrogens is 2. The molecule has 7 nitrogen and oxygen atoms in total. The van der Waals surface area contributed by atoms with Crippen molar-refractivity contribution in [2.24, 2.45) is 5.18 Å². The van der Waals surface area contributed by atoms with Gasteiger partial charge in [-0.1, -0.05) is 29.6 Å². The molecule has 3 aliphatic rings. The third-order valence-electron chi connectivity index (χ3n) is 7.73. The highest BCUT2D eigenvalue weighted by molar-refractivity contribution is 7.18. The molecular weight excluding hydrogens is 500 g/mol. The van der Waals surface area contributed by atoms with Crippen LogP contribution < -0.4 is 0 Å². The molecule has 0 unspecified atom stereocenters. The summed E-state index contributed by atoms with van der Waals surface area (Å²) in [6, 6.07) is 5.19. The van der Waals surface area contributed by atoms with E-state index in [4.69, 9.17) is 9.63 Å². The van der Waals surface area contributed by atoms with Crippen LogP contribution in [0.25, 0.3) is 10.2 Å². The van der Waals surface area contributed by atoms with Gasteiger partial charge in [0.15, 0.2) is 0 Å². The lowest BCUT2D eigenvalue weighted by Gasteiger charge is -2.27. The molecule has 6 rings (SSSR count). The number of nitrogens with zero attached hydrogens (tertiary/aromatic N) is 3. The Labute approximate surface area is 217 Å². The lowest BCUT2D eigenvalue weighted by atomic mass is 9.83. The molecule has 0 amide bonds. The number of nitroso groups, excluding NO2 is 1. The van der Waals surface area contributed by atoms with Crippen LogP contribution in [0.15, 0.2) is 27.9 Å². The fraction of sp³-hybridized carbons (Fsp3) is 0.593. The van der Waals surface area contributed by atoms with Gasteiger partial charge in [-0.2, -0.15) is 4.91 Å². The van der Waals surface area contributed by atoms with Gasteiger partial charge in [0.05, 0.1) is 26.5 Å². The molecule has 0 saturated heterocycles. The molecule has 198 valence electrons. The molecule has 0 bridgehead atoms. The predicted octanol–water partition coefficient (Wildman–Crippen LogP) is 8.15. The second kappa shape index (κ2) is 10.9. The Hall–Kier alpha value is -2.75. The Morgan fingerprint density at radius 1 is 1.05 bits per heavy atom. The maximum Gasteiger partial charge on any atom is 0.335 e. The summed E-state index contributed by atoms with van der Waals surface area (Å²) >= 11 is 1.66. The molecular formula is C27H31F2N3O4S. The molecule has 3 fully saturated rings. The topological polar surface area (TPSA) is 106 Å². The van der Waals surface area contributed by atoms with Crippen molar-refractivity contribution in [1.29, 1.82) is 0 Å². The number of benzene rings is 1. The van der Waals surface area contributed by atoms with E-state index in [1.807, 2.05) is 6.07 Å². The standard InChI is InChI=1S/C14H15NO2S.C13H16F2N2O2/c16-14(17)10-6-7-11-12(8-10)18-13(15-11)9-4-2-1-3-5-9;14-13(15)5-3-8(4-6-13)11-10(7-16-18)12(19-17-11)9-1-2-9/h6-9H,1-5H2,(H,16,17);8-9H,1-7H2. The van der Waals surface area contributed by atoms with Crippen LogP contribution in [0.2, 0.25) is 0 Å². The summed E-state index contributed by atoms with van der Waals surface area (Å²) < 4.78 is 32.7. The number of carboxylic acids is 1. The van der Waals surface area contributed by atoms with Crippen molar-refractivity contribution in [3.05, 3.63) is 50.7 Å². The summed E-state index contributed by atoms with van der Waals surface area (Å²) in [6.45, 7) is 0.0392. The molecule has 10 heteroatoms. The first-order chi connectivity index (χ1) is 17.8. The van der Waals surface area contributed by atoms with Gasteiger partial charge in [-0.05, 0) is 56.7 Å². The van der Waals surface area contributed by atoms with Crippen molar-refractivity contribution in [1.82, 2.24) is 10.1 Å². The van der Waals surface area contributed by atoms with Crippen molar-refractivity contribution in [2.45, 2.75) is 101 Å². The lowest BCUT2D eigenvalue weighted by molar-refractivity contribution is -0.0387. The van der Waals surface area contributed by atoms with Gasteiger partial charge in [0.1, 0.15) is 12.3 Å². The van der Waals surface area contributed by atoms with E-state index in [2.05, 4.69) is 15.3 Å². The van der Waals surface area contributed by atoms with Crippen molar-refractivity contribution in [3.63, 3.8) is 0 Å². The zero-order valence-electron chi connectivity index (χ0n) is 20.6. The molecule has 1 N–H and O–H groups in total. The van der Waals surface area contributed by atoms with Crippen LogP contribution in [-0.4, -0.2) is 27.1 Å². The first kappa shape index (κ1) is 25.9. The Morgan fingerprint density at radius 3 is 2.43 bits per heavy atom. The molecule has 0 radical (unpaired) electrons. The molecule has 3 aliphatic carbocycles. The first-order valence-electron chi connectivity index (χ1n) is 13.1. The summed E-state index contributed by atoms with van der Waals surface area (Å²) in [5, 5.41) is 17.2. The van der Waals surface area contributed by atoms with Gasteiger partial charge in [0, 0.05) is 36.2 Å². The largest absolute Gasteiger partial charge is 0.478 e. The average molecular weight is 532 g/mol. The molecule has 0 aliphatic heterocycles. The fourth-order valence-electron chi connectivity index (χ4n) is 5.46. The van der Waals surface area contributed by atoms with Crippen molar-refractivity contribution >= 4 is 27.5 Å². The number of halogens is 2. The van der Waals surface area contributed by atoms with E-state index in [0.717, 1.165) is 34.4 Å².